The average Bonchev–Trinajstić information content (AvgIpc) is 3.05. The Balaban J connectivity index is 1.96. The Kier molecular flexibility index (Phi) is 4.17. The molecule has 0 fully saturated rings. The van der Waals surface area contributed by atoms with E-state index in [0.29, 0.717) is 37.2 Å². The molecule has 0 N–H and O–H groups in total. The number of fused-ring (bicyclic) bond motifs is 1. The molecule has 0 spiro atoms. The minimum atomic E-state index is -0.714. The van der Waals surface area contributed by atoms with Crippen LogP contribution in [-0.2, 0) is 17.8 Å². The number of aromatic nitrogens is 2. The standard InChI is InChI=1S/C16H15ClFN3O2/c1-2-20-9-10(8-19-20)15(22)16(23)21-7-3-4-11-13(18)6-5-12(17)14(11)21/h5-6,8-9H,2-4,7H2,1H3. The van der Waals surface area contributed by atoms with Crippen LogP contribution in [0.1, 0.15) is 29.3 Å². The Morgan fingerprint density at radius 3 is 2.87 bits per heavy atom. The Morgan fingerprint density at radius 2 is 2.17 bits per heavy atom. The van der Waals surface area contributed by atoms with Crippen LogP contribution in [0, 0.1) is 5.82 Å². The number of nitrogens with zero attached hydrogens (tertiary/aromatic N) is 3. The topological polar surface area (TPSA) is 55.2 Å². The third-order valence-electron chi connectivity index (χ3n) is 3.91. The molecule has 1 aliphatic rings. The number of Topliss-reactive ketones (excluding diaryl/α,β-unsaturated/α-hetero) is 1. The van der Waals surface area contributed by atoms with Crippen LogP contribution < -0.4 is 4.90 Å². The molecule has 1 aliphatic heterocycles. The second-order valence-corrected chi connectivity index (χ2v) is 5.74. The Hall–Kier alpha value is -2.21. The van der Waals surface area contributed by atoms with Crippen molar-refractivity contribution in [3.05, 3.63) is 46.5 Å². The summed E-state index contributed by atoms with van der Waals surface area (Å²) in [6, 6.07) is 2.68. The molecule has 0 saturated carbocycles. The van der Waals surface area contributed by atoms with Crippen molar-refractivity contribution in [3.63, 3.8) is 0 Å². The van der Waals surface area contributed by atoms with Gasteiger partial charge in [-0.3, -0.25) is 14.3 Å². The maximum absolute atomic E-state index is 14.0. The highest BCUT2D eigenvalue weighted by atomic mass is 35.5. The van der Waals surface area contributed by atoms with Gasteiger partial charge in [-0.2, -0.15) is 5.10 Å². The molecule has 5 nitrogen and oxygen atoms in total. The number of aryl methyl sites for hydroxylation is 1. The summed E-state index contributed by atoms with van der Waals surface area (Å²) in [5, 5.41) is 4.27. The summed E-state index contributed by atoms with van der Waals surface area (Å²) in [5.74, 6) is -1.79. The van der Waals surface area contributed by atoms with Gasteiger partial charge in [-0.15, -0.1) is 0 Å². The minimum Gasteiger partial charge on any atom is -0.304 e. The van der Waals surface area contributed by atoms with Gasteiger partial charge in [-0.05, 0) is 31.9 Å². The largest absolute Gasteiger partial charge is 0.304 e. The quantitative estimate of drug-likeness (QED) is 0.640. The lowest BCUT2D eigenvalue weighted by molar-refractivity contribution is -0.114. The first kappa shape index (κ1) is 15.7. The zero-order valence-electron chi connectivity index (χ0n) is 12.6. The molecule has 23 heavy (non-hydrogen) atoms. The van der Waals surface area contributed by atoms with E-state index in [4.69, 9.17) is 11.6 Å². The van der Waals surface area contributed by atoms with Gasteiger partial charge in [0, 0.05) is 24.8 Å². The maximum atomic E-state index is 14.0. The van der Waals surface area contributed by atoms with Crippen LogP contribution in [0.3, 0.4) is 0 Å². The molecule has 120 valence electrons. The zero-order chi connectivity index (χ0) is 16.6. The van der Waals surface area contributed by atoms with E-state index in [0.717, 1.165) is 0 Å². The predicted molar refractivity (Wildman–Crippen MR) is 84.3 cm³/mol. The number of anilines is 1. The number of hydrogen-bond donors (Lipinski definition) is 0. The molecular formula is C16H15ClFN3O2. The van der Waals surface area contributed by atoms with Crippen molar-refractivity contribution < 1.29 is 14.0 Å². The molecule has 2 heterocycles. The van der Waals surface area contributed by atoms with Crippen molar-refractivity contribution >= 4 is 29.0 Å². The van der Waals surface area contributed by atoms with Crippen LogP contribution in [0.2, 0.25) is 5.02 Å². The first-order valence-electron chi connectivity index (χ1n) is 7.38. The second-order valence-electron chi connectivity index (χ2n) is 5.33. The number of carbonyl (C=O) groups excluding carboxylic acids is 2. The molecule has 0 atom stereocenters. The number of rotatable bonds is 3. The molecule has 0 bridgehead atoms. The summed E-state index contributed by atoms with van der Waals surface area (Å²) in [4.78, 5) is 26.3. The average molecular weight is 336 g/mol. The van der Waals surface area contributed by atoms with Crippen molar-refractivity contribution in [1.82, 2.24) is 9.78 Å². The van der Waals surface area contributed by atoms with E-state index in [1.54, 1.807) is 4.68 Å². The van der Waals surface area contributed by atoms with Crippen molar-refractivity contribution in [3.8, 4) is 0 Å². The maximum Gasteiger partial charge on any atom is 0.299 e. The lowest BCUT2D eigenvalue weighted by atomic mass is 10.00. The van der Waals surface area contributed by atoms with E-state index < -0.39 is 17.5 Å². The second kappa shape index (κ2) is 6.12. The van der Waals surface area contributed by atoms with Crippen LogP contribution in [0.5, 0.6) is 0 Å². The van der Waals surface area contributed by atoms with E-state index >= 15 is 0 Å². The van der Waals surface area contributed by atoms with Crippen LogP contribution >= 0.6 is 11.6 Å². The molecule has 0 radical (unpaired) electrons. The molecule has 0 saturated heterocycles. The van der Waals surface area contributed by atoms with Gasteiger partial charge >= 0.3 is 0 Å². The van der Waals surface area contributed by atoms with Crippen molar-refractivity contribution in [2.75, 3.05) is 11.4 Å². The van der Waals surface area contributed by atoms with E-state index in [-0.39, 0.29) is 10.6 Å². The summed E-state index contributed by atoms with van der Waals surface area (Å²) < 4.78 is 15.5. The summed E-state index contributed by atoms with van der Waals surface area (Å²) >= 11 is 6.14. The van der Waals surface area contributed by atoms with Crippen LogP contribution in [0.4, 0.5) is 10.1 Å². The van der Waals surface area contributed by atoms with Gasteiger partial charge in [-0.25, -0.2) is 4.39 Å². The van der Waals surface area contributed by atoms with E-state index in [2.05, 4.69) is 5.10 Å². The summed E-state index contributed by atoms with van der Waals surface area (Å²) in [6.45, 7) is 2.82. The Bertz CT molecular complexity index is 788. The highest BCUT2D eigenvalue weighted by Gasteiger charge is 2.31. The fourth-order valence-electron chi connectivity index (χ4n) is 2.74. The van der Waals surface area contributed by atoms with Crippen LogP contribution in [-0.4, -0.2) is 28.0 Å². The highest BCUT2D eigenvalue weighted by molar-refractivity contribution is 6.48. The molecule has 1 aromatic carbocycles. The lowest BCUT2D eigenvalue weighted by Crippen LogP contribution is -2.40. The number of benzene rings is 1. The van der Waals surface area contributed by atoms with Crippen molar-refractivity contribution in [1.29, 1.82) is 0 Å². The third-order valence-corrected chi connectivity index (χ3v) is 4.22. The number of ketones is 1. The van der Waals surface area contributed by atoms with Gasteiger partial charge in [0.05, 0.1) is 22.5 Å². The lowest BCUT2D eigenvalue weighted by Gasteiger charge is -2.30. The molecular weight excluding hydrogens is 321 g/mol. The van der Waals surface area contributed by atoms with Gasteiger partial charge in [0.2, 0.25) is 0 Å². The fraction of sp³-hybridized carbons (Fsp3) is 0.312. The molecule has 2 aromatic rings. The molecule has 1 aromatic heterocycles. The predicted octanol–water partition coefficient (Wildman–Crippen LogP) is 2.86. The summed E-state index contributed by atoms with van der Waals surface area (Å²) in [6.07, 6.45) is 3.96. The van der Waals surface area contributed by atoms with Gasteiger partial charge < -0.3 is 4.90 Å². The Labute approximate surface area is 137 Å². The van der Waals surface area contributed by atoms with E-state index in [9.17, 15) is 14.0 Å². The monoisotopic (exact) mass is 335 g/mol. The molecule has 0 unspecified atom stereocenters. The first-order valence-corrected chi connectivity index (χ1v) is 7.76. The minimum absolute atomic E-state index is 0.219. The van der Waals surface area contributed by atoms with Crippen LogP contribution in [0.15, 0.2) is 24.5 Å². The number of amides is 1. The van der Waals surface area contributed by atoms with Gasteiger partial charge in [-0.1, -0.05) is 11.6 Å². The normalized spacial score (nSPS) is 13.8. The number of hydrogen-bond acceptors (Lipinski definition) is 3. The van der Waals surface area contributed by atoms with E-state index in [1.165, 1.54) is 29.4 Å². The van der Waals surface area contributed by atoms with Gasteiger partial charge in [0.15, 0.2) is 0 Å². The first-order chi connectivity index (χ1) is 11.0. The SMILES string of the molecule is CCn1cc(C(=O)C(=O)N2CCCc3c(F)ccc(Cl)c32)cn1. The molecule has 1 amide bonds. The Morgan fingerprint density at radius 1 is 1.39 bits per heavy atom. The van der Waals surface area contributed by atoms with Crippen LogP contribution in [0.25, 0.3) is 0 Å². The third kappa shape index (κ3) is 2.74. The summed E-state index contributed by atoms with van der Waals surface area (Å²) in [7, 11) is 0. The molecule has 3 rings (SSSR count). The molecule has 0 aliphatic carbocycles. The van der Waals surface area contributed by atoms with Crippen molar-refractivity contribution in [2.24, 2.45) is 0 Å². The number of halogens is 2. The highest BCUT2D eigenvalue weighted by Crippen LogP contribution is 2.36. The van der Waals surface area contributed by atoms with Crippen molar-refractivity contribution in [2.45, 2.75) is 26.3 Å². The number of carbonyl (C=O) groups is 2. The fourth-order valence-corrected chi connectivity index (χ4v) is 3.02. The zero-order valence-corrected chi connectivity index (χ0v) is 13.3. The van der Waals surface area contributed by atoms with Gasteiger partial charge in [0.1, 0.15) is 5.82 Å². The summed E-state index contributed by atoms with van der Waals surface area (Å²) in [5.41, 5.74) is 0.907. The smallest absolute Gasteiger partial charge is 0.299 e. The van der Waals surface area contributed by atoms with Gasteiger partial charge in [0.25, 0.3) is 11.7 Å². The molecule has 7 heteroatoms. The van der Waals surface area contributed by atoms with E-state index in [1.807, 2.05) is 6.92 Å².